The van der Waals surface area contributed by atoms with Crippen LogP contribution in [0.15, 0.2) is 53.1 Å². The van der Waals surface area contributed by atoms with Crippen LogP contribution >= 0.6 is 0 Å². The zero-order chi connectivity index (χ0) is 18.0. The Morgan fingerprint density at radius 1 is 1.08 bits per heavy atom. The zero-order valence-electron chi connectivity index (χ0n) is 14.8. The van der Waals surface area contributed by atoms with E-state index < -0.39 is 0 Å². The number of nitrogens with zero attached hydrogens (tertiary/aromatic N) is 1. The first-order valence-corrected chi connectivity index (χ1v) is 9.36. The van der Waals surface area contributed by atoms with Crippen LogP contribution in [-0.4, -0.2) is 35.3 Å². The number of rotatable bonds is 5. The van der Waals surface area contributed by atoms with Crippen molar-refractivity contribution < 1.29 is 14.0 Å². The Hall–Kier alpha value is -2.56. The van der Waals surface area contributed by atoms with E-state index in [2.05, 4.69) is 5.32 Å². The van der Waals surface area contributed by atoms with E-state index in [1.807, 2.05) is 35.2 Å². The summed E-state index contributed by atoms with van der Waals surface area (Å²) in [4.78, 5) is 27.0. The molecule has 136 valence electrons. The molecule has 2 amide bonds. The van der Waals surface area contributed by atoms with Gasteiger partial charge < -0.3 is 14.6 Å². The van der Waals surface area contributed by atoms with Gasteiger partial charge in [-0.25, -0.2) is 0 Å². The van der Waals surface area contributed by atoms with E-state index in [1.54, 1.807) is 12.1 Å². The molecule has 2 aliphatic rings. The highest BCUT2D eigenvalue weighted by Crippen LogP contribution is 2.41. The molecule has 1 aromatic heterocycles. The molecule has 0 radical (unpaired) electrons. The lowest BCUT2D eigenvalue weighted by Crippen LogP contribution is -2.56. The van der Waals surface area contributed by atoms with Gasteiger partial charge in [0.2, 0.25) is 0 Å². The number of benzene rings is 1. The highest BCUT2D eigenvalue weighted by atomic mass is 16.3. The van der Waals surface area contributed by atoms with E-state index >= 15 is 0 Å². The Balaban J connectivity index is 1.44. The number of hydrogen-bond donors (Lipinski definition) is 1. The van der Waals surface area contributed by atoms with Crippen LogP contribution in [0, 0.1) is 5.92 Å². The molecule has 26 heavy (non-hydrogen) atoms. The summed E-state index contributed by atoms with van der Waals surface area (Å²) in [5.41, 5.74) is 0.477. The third kappa shape index (κ3) is 3.66. The highest BCUT2D eigenvalue weighted by molar-refractivity contribution is 5.94. The fourth-order valence-electron chi connectivity index (χ4n) is 3.85. The number of furan rings is 1. The Kier molecular flexibility index (Phi) is 4.53. The zero-order valence-corrected chi connectivity index (χ0v) is 14.8. The van der Waals surface area contributed by atoms with Crippen LogP contribution in [0.2, 0.25) is 0 Å². The number of likely N-dealkylation sites (tertiary alicyclic amines) is 1. The van der Waals surface area contributed by atoms with Crippen molar-refractivity contribution in [1.82, 2.24) is 10.2 Å². The Morgan fingerprint density at radius 2 is 1.81 bits per heavy atom. The SMILES string of the molecule is O=C(NC1(CC2CC2)CCN(C(=O)c2ccco2)CC1)c1ccccc1. The van der Waals surface area contributed by atoms with Crippen LogP contribution in [0.1, 0.15) is 53.0 Å². The summed E-state index contributed by atoms with van der Waals surface area (Å²) in [6.07, 6.45) is 6.60. The first kappa shape index (κ1) is 16.9. The Morgan fingerprint density at radius 3 is 2.42 bits per heavy atom. The van der Waals surface area contributed by atoms with Crippen molar-refractivity contribution in [2.75, 3.05) is 13.1 Å². The molecule has 4 rings (SSSR count). The van der Waals surface area contributed by atoms with E-state index in [0.29, 0.717) is 30.3 Å². The largest absolute Gasteiger partial charge is 0.459 e. The molecule has 1 N–H and O–H groups in total. The summed E-state index contributed by atoms with van der Waals surface area (Å²) < 4.78 is 5.24. The fourth-order valence-corrected chi connectivity index (χ4v) is 3.85. The summed E-state index contributed by atoms with van der Waals surface area (Å²) in [5, 5.41) is 3.31. The smallest absolute Gasteiger partial charge is 0.289 e. The molecule has 0 spiro atoms. The third-order valence-electron chi connectivity index (χ3n) is 5.53. The highest BCUT2D eigenvalue weighted by Gasteiger charge is 2.41. The molecule has 1 aliphatic heterocycles. The second-order valence-corrected chi connectivity index (χ2v) is 7.52. The third-order valence-corrected chi connectivity index (χ3v) is 5.53. The molecule has 2 aromatic rings. The monoisotopic (exact) mass is 352 g/mol. The predicted octanol–water partition coefficient (Wildman–Crippen LogP) is 3.48. The minimum absolute atomic E-state index is 0.0166. The lowest BCUT2D eigenvalue weighted by atomic mass is 9.82. The van der Waals surface area contributed by atoms with E-state index in [0.717, 1.165) is 19.3 Å². The molecule has 2 heterocycles. The standard InChI is InChI=1S/C21H24N2O3/c24-19(17-5-2-1-3-6-17)22-21(15-16-8-9-16)10-12-23(13-11-21)20(25)18-7-4-14-26-18/h1-7,14,16H,8-13,15H2,(H,22,24). The van der Waals surface area contributed by atoms with Crippen molar-refractivity contribution in [1.29, 1.82) is 0 Å². The van der Waals surface area contributed by atoms with Crippen LogP contribution in [-0.2, 0) is 0 Å². The van der Waals surface area contributed by atoms with E-state index in [1.165, 1.54) is 19.1 Å². The minimum atomic E-state index is -0.214. The van der Waals surface area contributed by atoms with Crippen LogP contribution in [0.25, 0.3) is 0 Å². The van der Waals surface area contributed by atoms with Crippen molar-refractivity contribution in [3.8, 4) is 0 Å². The van der Waals surface area contributed by atoms with Crippen molar-refractivity contribution in [2.24, 2.45) is 5.92 Å². The first-order chi connectivity index (χ1) is 12.7. The second kappa shape index (κ2) is 6.98. The van der Waals surface area contributed by atoms with Crippen molar-refractivity contribution in [3.63, 3.8) is 0 Å². The number of piperidine rings is 1. The first-order valence-electron chi connectivity index (χ1n) is 9.36. The summed E-state index contributed by atoms with van der Waals surface area (Å²) in [7, 11) is 0. The van der Waals surface area contributed by atoms with Gasteiger partial charge in [0.25, 0.3) is 11.8 Å². The van der Waals surface area contributed by atoms with Crippen molar-refractivity contribution in [3.05, 3.63) is 60.1 Å². The van der Waals surface area contributed by atoms with E-state index in [9.17, 15) is 9.59 Å². The van der Waals surface area contributed by atoms with E-state index in [-0.39, 0.29) is 17.4 Å². The van der Waals surface area contributed by atoms with Crippen LogP contribution in [0.4, 0.5) is 0 Å². The summed E-state index contributed by atoms with van der Waals surface area (Å²) >= 11 is 0. The number of carbonyl (C=O) groups excluding carboxylic acids is 2. The molecular formula is C21H24N2O3. The van der Waals surface area contributed by atoms with Gasteiger partial charge in [-0.05, 0) is 49.4 Å². The van der Waals surface area contributed by atoms with Gasteiger partial charge in [0.15, 0.2) is 5.76 Å². The fraction of sp³-hybridized carbons (Fsp3) is 0.429. The van der Waals surface area contributed by atoms with Crippen molar-refractivity contribution >= 4 is 11.8 Å². The number of hydrogen-bond acceptors (Lipinski definition) is 3. The molecule has 5 heteroatoms. The second-order valence-electron chi connectivity index (χ2n) is 7.52. The number of nitrogens with one attached hydrogen (secondary N) is 1. The molecule has 1 saturated carbocycles. The van der Waals surface area contributed by atoms with E-state index in [4.69, 9.17) is 4.42 Å². The number of amides is 2. The van der Waals surface area contributed by atoms with Gasteiger partial charge in [-0.1, -0.05) is 31.0 Å². The maximum Gasteiger partial charge on any atom is 0.289 e. The molecule has 2 fully saturated rings. The Bertz CT molecular complexity index is 758. The van der Waals surface area contributed by atoms with Crippen molar-refractivity contribution in [2.45, 2.75) is 37.6 Å². The molecule has 1 aromatic carbocycles. The quantitative estimate of drug-likeness (QED) is 0.896. The topological polar surface area (TPSA) is 62.6 Å². The molecule has 1 aliphatic carbocycles. The van der Waals surface area contributed by atoms with Gasteiger partial charge in [-0.3, -0.25) is 9.59 Å². The maximum atomic E-state index is 12.7. The summed E-state index contributed by atoms with van der Waals surface area (Å²) in [6, 6.07) is 12.8. The van der Waals surface area contributed by atoms with Gasteiger partial charge >= 0.3 is 0 Å². The van der Waals surface area contributed by atoms with Gasteiger partial charge in [0, 0.05) is 24.2 Å². The number of carbonyl (C=O) groups is 2. The van der Waals surface area contributed by atoms with Crippen LogP contribution in [0.5, 0.6) is 0 Å². The lowest BCUT2D eigenvalue weighted by Gasteiger charge is -2.42. The van der Waals surface area contributed by atoms with Gasteiger partial charge in [-0.2, -0.15) is 0 Å². The molecule has 1 saturated heterocycles. The molecular weight excluding hydrogens is 328 g/mol. The molecule has 5 nitrogen and oxygen atoms in total. The van der Waals surface area contributed by atoms with Gasteiger partial charge in [0.05, 0.1) is 6.26 Å². The summed E-state index contributed by atoms with van der Waals surface area (Å²) in [5.74, 6) is 1.01. The average molecular weight is 352 g/mol. The normalized spacial score (nSPS) is 19.2. The van der Waals surface area contributed by atoms with Crippen LogP contribution in [0.3, 0.4) is 0 Å². The van der Waals surface area contributed by atoms with Crippen LogP contribution < -0.4 is 5.32 Å². The minimum Gasteiger partial charge on any atom is -0.459 e. The Labute approximate surface area is 153 Å². The molecule has 0 unspecified atom stereocenters. The van der Waals surface area contributed by atoms with Gasteiger partial charge in [0.1, 0.15) is 0 Å². The lowest BCUT2D eigenvalue weighted by molar-refractivity contribution is 0.0574. The molecule has 0 bridgehead atoms. The van der Waals surface area contributed by atoms with Gasteiger partial charge in [-0.15, -0.1) is 0 Å². The molecule has 0 atom stereocenters. The predicted molar refractivity (Wildman–Crippen MR) is 97.8 cm³/mol. The maximum absolute atomic E-state index is 12.7. The summed E-state index contributed by atoms with van der Waals surface area (Å²) in [6.45, 7) is 1.28. The average Bonchev–Trinajstić information content (AvgIpc) is 3.30.